The van der Waals surface area contributed by atoms with Gasteiger partial charge in [-0.15, -0.1) is 11.3 Å². The van der Waals surface area contributed by atoms with Gasteiger partial charge in [0.25, 0.3) is 26.0 Å². The molecule has 0 radical (unpaired) electrons. The molecule has 1 aliphatic heterocycles. The third kappa shape index (κ3) is 5.79. The standard InChI is InChI=1S/C23H26N4O6S3/c1-16-9-12-27(13-10-16)22(28)20-15-19(7-8-21(20)33-2)36(31,32)25-17-3-5-18(6-4-17)35(29,30)26-23-24-11-14-34-23/h3-8,11,14-16,25H,9-10,12-13H2,1-2H3,(H,24,26). The SMILES string of the molecule is COc1ccc(S(=O)(=O)Nc2ccc(S(=O)(=O)Nc3nccs3)cc2)cc1C(=O)N1CCC(C)CC1. The number of thiazole rings is 1. The Kier molecular flexibility index (Phi) is 7.52. The number of hydrogen-bond acceptors (Lipinski definition) is 8. The van der Waals surface area contributed by atoms with Crippen LogP contribution in [0.25, 0.3) is 0 Å². The Morgan fingerprint density at radius 1 is 1.00 bits per heavy atom. The lowest BCUT2D eigenvalue weighted by Gasteiger charge is -2.30. The van der Waals surface area contributed by atoms with Gasteiger partial charge < -0.3 is 9.64 Å². The third-order valence-electron chi connectivity index (χ3n) is 5.85. The summed E-state index contributed by atoms with van der Waals surface area (Å²) in [6.07, 6.45) is 3.25. The van der Waals surface area contributed by atoms with E-state index < -0.39 is 20.0 Å². The van der Waals surface area contributed by atoms with Gasteiger partial charge in [0.2, 0.25) is 0 Å². The zero-order valence-corrected chi connectivity index (χ0v) is 22.1. The molecule has 4 rings (SSSR count). The number of sulfonamides is 2. The lowest BCUT2D eigenvalue weighted by atomic mass is 9.98. The van der Waals surface area contributed by atoms with Gasteiger partial charge in [-0.3, -0.25) is 14.2 Å². The van der Waals surface area contributed by atoms with Crippen LogP contribution in [0.4, 0.5) is 10.8 Å². The smallest absolute Gasteiger partial charge is 0.263 e. The molecule has 0 aliphatic carbocycles. The molecule has 1 amide bonds. The van der Waals surface area contributed by atoms with Crippen molar-refractivity contribution in [3.8, 4) is 5.75 Å². The number of piperidine rings is 1. The van der Waals surface area contributed by atoms with E-state index in [1.54, 1.807) is 10.3 Å². The first-order chi connectivity index (χ1) is 17.1. The van der Waals surface area contributed by atoms with E-state index in [4.69, 9.17) is 4.74 Å². The largest absolute Gasteiger partial charge is 0.496 e. The minimum atomic E-state index is -4.07. The number of benzene rings is 2. The number of carbonyl (C=O) groups excluding carboxylic acids is 1. The number of nitrogens with zero attached hydrogens (tertiary/aromatic N) is 2. The molecule has 36 heavy (non-hydrogen) atoms. The molecule has 0 atom stereocenters. The Morgan fingerprint density at radius 3 is 2.25 bits per heavy atom. The second-order valence-corrected chi connectivity index (χ2v) is 12.7. The normalized spacial score (nSPS) is 14.9. The Hall–Kier alpha value is -3.16. The number of ether oxygens (including phenoxy) is 1. The van der Waals surface area contributed by atoms with Crippen molar-refractivity contribution in [1.29, 1.82) is 0 Å². The quantitative estimate of drug-likeness (QED) is 0.437. The highest BCUT2D eigenvalue weighted by Crippen LogP contribution is 2.28. The van der Waals surface area contributed by atoms with Crippen LogP contribution in [0.3, 0.4) is 0 Å². The van der Waals surface area contributed by atoms with Crippen molar-refractivity contribution in [1.82, 2.24) is 9.88 Å². The third-order valence-corrected chi connectivity index (χ3v) is 9.40. The van der Waals surface area contributed by atoms with E-state index >= 15 is 0 Å². The lowest BCUT2D eigenvalue weighted by molar-refractivity contribution is 0.0693. The number of likely N-dealkylation sites (tertiary alicyclic amines) is 1. The molecule has 2 heterocycles. The number of anilines is 2. The maximum Gasteiger partial charge on any atom is 0.263 e. The maximum atomic E-state index is 13.1. The summed E-state index contributed by atoms with van der Waals surface area (Å²) in [6.45, 7) is 3.34. The van der Waals surface area contributed by atoms with Crippen LogP contribution >= 0.6 is 11.3 Å². The Labute approximate surface area is 214 Å². The fourth-order valence-corrected chi connectivity index (χ4v) is 6.64. The Bertz CT molecular complexity index is 1430. The highest BCUT2D eigenvalue weighted by Gasteiger charge is 2.26. The van der Waals surface area contributed by atoms with Crippen LogP contribution in [0.15, 0.2) is 63.8 Å². The van der Waals surface area contributed by atoms with Crippen molar-refractivity contribution in [3.05, 3.63) is 59.6 Å². The fourth-order valence-electron chi connectivity index (χ4n) is 3.77. The highest BCUT2D eigenvalue weighted by atomic mass is 32.2. The zero-order chi connectivity index (χ0) is 25.9. The molecule has 2 aromatic carbocycles. The minimum Gasteiger partial charge on any atom is -0.496 e. The van der Waals surface area contributed by atoms with Crippen LogP contribution in [-0.2, 0) is 20.0 Å². The van der Waals surface area contributed by atoms with E-state index in [0.717, 1.165) is 24.2 Å². The second kappa shape index (κ2) is 10.4. The first-order valence-electron chi connectivity index (χ1n) is 11.1. The van der Waals surface area contributed by atoms with Gasteiger partial charge in [0.05, 0.1) is 22.5 Å². The number of rotatable bonds is 8. The van der Waals surface area contributed by atoms with E-state index in [9.17, 15) is 21.6 Å². The summed E-state index contributed by atoms with van der Waals surface area (Å²) in [7, 11) is -6.51. The van der Waals surface area contributed by atoms with E-state index in [2.05, 4.69) is 21.4 Å². The fraction of sp³-hybridized carbons (Fsp3) is 0.304. The minimum absolute atomic E-state index is 0.0474. The lowest BCUT2D eigenvalue weighted by Crippen LogP contribution is -2.38. The van der Waals surface area contributed by atoms with E-state index in [1.165, 1.54) is 55.8 Å². The number of nitrogens with one attached hydrogen (secondary N) is 2. The van der Waals surface area contributed by atoms with Crippen molar-refractivity contribution in [2.24, 2.45) is 5.92 Å². The number of methoxy groups -OCH3 is 1. The van der Waals surface area contributed by atoms with Gasteiger partial charge in [0.1, 0.15) is 5.75 Å². The first kappa shape index (κ1) is 25.9. The Balaban J connectivity index is 1.53. The second-order valence-electron chi connectivity index (χ2n) is 8.41. The molecular weight excluding hydrogens is 524 g/mol. The molecule has 0 bridgehead atoms. The first-order valence-corrected chi connectivity index (χ1v) is 15.0. The van der Waals surface area contributed by atoms with Gasteiger partial charge in [-0.25, -0.2) is 21.8 Å². The van der Waals surface area contributed by atoms with Crippen LogP contribution in [-0.4, -0.2) is 52.8 Å². The number of aromatic nitrogens is 1. The van der Waals surface area contributed by atoms with Gasteiger partial charge >= 0.3 is 0 Å². The predicted octanol–water partition coefficient (Wildman–Crippen LogP) is 3.63. The van der Waals surface area contributed by atoms with Gasteiger partial charge in [-0.2, -0.15) is 0 Å². The molecule has 10 nitrogen and oxygen atoms in total. The molecule has 3 aromatic rings. The van der Waals surface area contributed by atoms with Crippen molar-refractivity contribution < 1.29 is 26.4 Å². The average Bonchev–Trinajstić information content (AvgIpc) is 3.36. The van der Waals surface area contributed by atoms with Crippen LogP contribution in [0.1, 0.15) is 30.1 Å². The molecule has 2 N–H and O–H groups in total. The van der Waals surface area contributed by atoms with Crippen molar-refractivity contribution in [2.75, 3.05) is 29.6 Å². The summed E-state index contributed by atoms with van der Waals surface area (Å²) in [5.41, 5.74) is 0.335. The molecule has 0 spiro atoms. The van der Waals surface area contributed by atoms with E-state index in [-0.39, 0.29) is 32.1 Å². The summed E-state index contributed by atoms with van der Waals surface area (Å²) in [5, 5.41) is 1.87. The van der Waals surface area contributed by atoms with Crippen LogP contribution in [0.5, 0.6) is 5.75 Å². The number of hydrogen-bond donors (Lipinski definition) is 2. The van der Waals surface area contributed by atoms with Crippen molar-refractivity contribution in [2.45, 2.75) is 29.6 Å². The average molecular weight is 551 g/mol. The van der Waals surface area contributed by atoms with Crippen LogP contribution < -0.4 is 14.2 Å². The summed E-state index contributed by atoms with van der Waals surface area (Å²) in [5.74, 6) is 0.550. The van der Waals surface area contributed by atoms with Crippen molar-refractivity contribution in [3.63, 3.8) is 0 Å². The monoisotopic (exact) mass is 550 g/mol. The van der Waals surface area contributed by atoms with Gasteiger partial charge in [0.15, 0.2) is 5.13 Å². The number of amides is 1. The van der Waals surface area contributed by atoms with E-state index in [1.807, 2.05) is 0 Å². The van der Waals surface area contributed by atoms with Gasteiger partial charge in [-0.1, -0.05) is 6.92 Å². The van der Waals surface area contributed by atoms with Crippen LogP contribution in [0, 0.1) is 5.92 Å². The van der Waals surface area contributed by atoms with Crippen molar-refractivity contribution >= 4 is 48.1 Å². The zero-order valence-electron chi connectivity index (χ0n) is 19.7. The molecule has 1 aliphatic rings. The molecule has 1 aromatic heterocycles. The molecule has 1 fully saturated rings. The molecule has 0 unspecified atom stereocenters. The molecule has 1 saturated heterocycles. The van der Waals surface area contributed by atoms with E-state index in [0.29, 0.717) is 24.8 Å². The van der Waals surface area contributed by atoms with Gasteiger partial charge in [-0.05, 0) is 61.2 Å². The topological polar surface area (TPSA) is 135 Å². The summed E-state index contributed by atoms with van der Waals surface area (Å²) >= 11 is 1.14. The highest BCUT2D eigenvalue weighted by molar-refractivity contribution is 7.93. The maximum absolute atomic E-state index is 13.1. The molecule has 0 saturated carbocycles. The Morgan fingerprint density at radius 2 is 1.64 bits per heavy atom. The molecular formula is C23H26N4O6S3. The summed E-state index contributed by atoms with van der Waals surface area (Å²) in [6, 6.07) is 9.37. The molecule has 192 valence electrons. The number of carbonyl (C=O) groups is 1. The summed E-state index contributed by atoms with van der Waals surface area (Å²) in [4.78, 5) is 18.6. The van der Waals surface area contributed by atoms with Crippen LogP contribution in [0.2, 0.25) is 0 Å². The molecule has 13 heteroatoms. The predicted molar refractivity (Wildman–Crippen MR) is 137 cm³/mol. The summed E-state index contributed by atoms with van der Waals surface area (Å²) < 4.78 is 61.2. The van der Waals surface area contributed by atoms with Gasteiger partial charge in [0, 0.05) is 30.4 Å².